The lowest BCUT2D eigenvalue weighted by Crippen LogP contribution is -2.64. The predicted octanol–water partition coefficient (Wildman–Crippen LogP) is 2.67. The van der Waals surface area contributed by atoms with Gasteiger partial charge >= 0.3 is 6.18 Å². The van der Waals surface area contributed by atoms with Gasteiger partial charge in [0, 0.05) is 120 Å². The number of carbonyl (C=O) groups excluding carboxylic acids is 13. The van der Waals surface area contributed by atoms with Gasteiger partial charge in [0.05, 0.1) is 94.6 Å². The molecule has 11 amide bonds. The lowest BCUT2D eigenvalue weighted by molar-refractivity contribution is -0.870. The van der Waals surface area contributed by atoms with Gasteiger partial charge in [0.2, 0.25) is 65.0 Å². The van der Waals surface area contributed by atoms with Crippen LogP contribution in [0, 0.1) is 11.7 Å². The summed E-state index contributed by atoms with van der Waals surface area (Å²) in [5.74, 6) is -12.8. The summed E-state index contributed by atoms with van der Waals surface area (Å²) >= 11 is 0. The smallest absolute Gasteiger partial charge is 0.430 e. The number of ether oxygens (including phenoxy) is 4. The van der Waals surface area contributed by atoms with Crippen molar-refractivity contribution in [2.75, 3.05) is 128 Å². The first-order valence-electron chi connectivity index (χ1n) is 44.3. The summed E-state index contributed by atoms with van der Waals surface area (Å²) in [6.45, 7) is 4.96. The second kappa shape index (κ2) is 47.5. The number of methoxy groups -OCH3 is 1. The molecular formula is C92H127F4N14O19+. The third-order valence-corrected chi connectivity index (χ3v) is 23.8. The zero-order valence-corrected chi connectivity index (χ0v) is 75.3. The maximum Gasteiger partial charge on any atom is 0.430 e. The van der Waals surface area contributed by atoms with Crippen LogP contribution in [0.5, 0.6) is 5.75 Å². The Kier molecular flexibility index (Phi) is 37.5. The topological polar surface area (TPSA) is 413 Å². The molecule has 0 spiro atoms. The zero-order valence-electron chi connectivity index (χ0n) is 75.3. The molecule has 5 aromatic rings. The molecule has 9 N–H and O–H groups in total. The number of carboxylic acid groups (broad SMARTS) is 1. The monoisotopic (exact) mass is 1810 g/mol. The average Bonchev–Trinajstić information content (AvgIpc) is 1.67. The first kappa shape index (κ1) is 102. The summed E-state index contributed by atoms with van der Waals surface area (Å²) in [4.78, 5) is 195. The van der Waals surface area contributed by atoms with Crippen LogP contribution >= 0.6 is 0 Å². The maximum atomic E-state index is 16.4. The van der Waals surface area contributed by atoms with Gasteiger partial charge in [-0.25, -0.2) is 4.39 Å². The van der Waals surface area contributed by atoms with E-state index in [0.717, 1.165) is 29.1 Å². The molecule has 37 heteroatoms. The highest BCUT2D eigenvalue weighted by molar-refractivity contribution is 6.00. The van der Waals surface area contributed by atoms with Gasteiger partial charge in [-0.05, 0) is 135 Å². The van der Waals surface area contributed by atoms with Crippen LogP contribution in [0.2, 0.25) is 0 Å². The fraction of sp³-hybridized carbons (Fsp3) is 0.576. The van der Waals surface area contributed by atoms with E-state index in [0.29, 0.717) is 119 Å². The van der Waals surface area contributed by atoms with Crippen molar-refractivity contribution in [3.8, 4) is 5.75 Å². The summed E-state index contributed by atoms with van der Waals surface area (Å²) in [5, 5.41) is 43.7. The van der Waals surface area contributed by atoms with Crippen LogP contribution in [-0.2, 0) is 122 Å². The Hall–Kier alpha value is -11.0. The molecule has 2 saturated heterocycles. The van der Waals surface area contributed by atoms with E-state index in [1.807, 2.05) is 71.1 Å². The quantitative estimate of drug-likeness (QED) is 0.0307. The highest BCUT2D eigenvalue weighted by Crippen LogP contribution is 2.33. The number of amides is 11. The largest absolute Gasteiger partial charge is 0.542 e. The highest BCUT2D eigenvalue weighted by atomic mass is 19.4. The molecule has 11 rings (SSSR count). The van der Waals surface area contributed by atoms with Gasteiger partial charge < -0.3 is 105 Å². The molecule has 6 aliphatic rings. The number of carboxylic acids is 1. The van der Waals surface area contributed by atoms with Crippen molar-refractivity contribution < 1.29 is 118 Å². The van der Waals surface area contributed by atoms with Crippen molar-refractivity contribution in [1.82, 2.24) is 61.8 Å². The number of nitrogens with one attached hydrogen (secondary N) is 8. The van der Waals surface area contributed by atoms with E-state index in [1.165, 1.54) is 31.1 Å². The van der Waals surface area contributed by atoms with Gasteiger partial charge in [0.25, 0.3) is 0 Å². The van der Waals surface area contributed by atoms with E-state index in [-0.39, 0.29) is 128 Å². The average molecular weight is 1810 g/mol. The number of aryl methyl sites for hydroxylation is 1. The van der Waals surface area contributed by atoms with Crippen LogP contribution in [0.15, 0.2) is 97.2 Å². The molecule has 2 fully saturated rings. The van der Waals surface area contributed by atoms with E-state index in [9.17, 15) is 42.3 Å². The number of unbranched alkanes of at least 4 members (excludes halogenated alkanes) is 1. The summed E-state index contributed by atoms with van der Waals surface area (Å²) in [5.41, 5.74) is 2.76. The number of fused-ring (bicyclic) bond motifs is 16. The van der Waals surface area contributed by atoms with Crippen LogP contribution in [0.4, 0.5) is 17.6 Å². The van der Waals surface area contributed by atoms with Gasteiger partial charge in [-0.15, -0.1) is 0 Å². The normalized spacial score (nSPS) is 23.4. The number of Topliss-reactive ketones (excluding diaryl/α,β-unsaturated/α-hetero) is 1. The molecule has 129 heavy (non-hydrogen) atoms. The van der Waals surface area contributed by atoms with E-state index in [1.54, 1.807) is 72.6 Å². The summed E-state index contributed by atoms with van der Waals surface area (Å²) in [6, 6.07) is 15.4. The minimum absolute atomic E-state index is 0.0349. The van der Waals surface area contributed by atoms with E-state index in [4.69, 9.17) is 28.8 Å². The van der Waals surface area contributed by atoms with Crippen LogP contribution in [-0.4, -0.2) is 298 Å². The number of carbonyl (C=O) groups is 13. The van der Waals surface area contributed by atoms with Gasteiger partial charge in [-0.2, -0.15) is 13.2 Å². The summed E-state index contributed by atoms with van der Waals surface area (Å²) in [6.07, 6.45) is -3.37. The Bertz CT molecular complexity index is 4710. The number of rotatable bonds is 20. The Balaban J connectivity index is 0.00000257. The number of aromatic nitrogens is 1. The number of hydrogen-bond acceptors (Lipinski definition) is 19. The summed E-state index contributed by atoms with van der Waals surface area (Å²) < 4.78 is 74.0. The number of ketones is 1. The highest BCUT2D eigenvalue weighted by Gasteiger charge is 2.50. The second-order valence-corrected chi connectivity index (χ2v) is 36.1. The first-order valence-corrected chi connectivity index (χ1v) is 44.3. The number of aliphatic carboxylic acids is 1. The third kappa shape index (κ3) is 31.1. The van der Waals surface area contributed by atoms with Crippen LogP contribution in [0.3, 0.4) is 0 Å². The maximum absolute atomic E-state index is 16.4. The molecule has 0 aliphatic carbocycles. The number of likely N-dealkylation sites (N-methyl/N-ethyl adjacent to an activating group) is 1. The van der Waals surface area contributed by atoms with Crippen molar-refractivity contribution in [2.45, 2.75) is 209 Å². The molecule has 33 nitrogen and oxygen atoms in total. The fourth-order valence-corrected chi connectivity index (χ4v) is 16.4. The molecule has 706 valence electrons. The standard InChI is InChI=1S/C90H125FN14O17.C2HF3O2/c1-59(106)80-85(114)97-72(49-61-25-29-69(119-9)30-26-61)88(117)103-40-17-36-90(103,2)89(118)92-37-33-60-21-23-62(24-22-60)56-101-39-14-11-10-13-38-100-57-66(70-53-67(91)27-31-75(70)100)52-73-87(116)102-41-34-76(81(102)86(115)99-80)122-58-78(109)93-54-64-19-16-18-63(48-64)50-71(83(112)96-73)95-84(113)74(55-94-77(108)35-44-120-46-47-121-45-43-105(6,7)8)98-82(111)65(20-12-15-42-104(3,4)5)51-68(107)28-32-79(101)110;3-2(4,5)1(6)7/h16,18-19,21-27,29-31,48,53,57,59,65,71-74,76,80-81,106H,10-15,17,20,28,32-47,49-52,54-56,58H2,1-9H3,(H6-2,92,93,94,95,96,97,98,99,108,109,111,112,113,114,115,118);(H,6,7)/p+1/t59-,65-,71?,72+,73+,74-,76+,80+,81+,90+;/m1./s1. The van der Waals surface area contributed by atoms with Crippen LogP contribution in [0.25, 0.3) is 10.9 Å². The van der Waals surface area contributed by atoms with Crippen molar-refractivity contribution in [3.05, 3.63) is 136 Å². The fourth-order valence-electron chi connectivity index (χ4n) is 16.4. The van der Waals surface area contributed by atoms with Gasteiger partial charge in [-0.3, -0.25) is 57.5 Å². The number of alkyl halides is 3. The number of hydrogen-bond donors (Lipinski definition) is 9. The zero-order chi connectivity index (χ0) is 93.9. The van der Waals surface area contributed by atoms with Crippen molar-refractivity contribution in [1.29, 1.82) is 0 Å². The Morgan fingerprint density at radius 2 is 1.34 bits per heavy atom. The SMILES string of the molecule is COc1ccc(C[C@@H]2NC(=O)[C@H]([C@@H](C)O)NC(=O)[C@@H]3[C@@H]4CCN3C(=O)[C@@H]3Cc5cn(c6ccc(F)cc56)CCCCCCN(Cc5ccc(cc5)CCNC(=O)[C@]5(C)CCCN5C2=O)C(=O)CCC(=O)C[C@@H](CCCC[N+](C)(C)C)C(=O)N[C@H](CNC(=O)CCOCCOCC[N+](C)(C)C)C(=O)NC(Cc2cccc(c2)CNC(=O)CO4)C(=O)N3)cc1.O=C([O-])C(F)(F)F. The van der Waals surface area contributed by atoms with Crippen molar-refractivity contribution in [2.24, 2.45) is 5.92 Å². The lowest BCUT2D eigenvalue weighted by atomic mass is 9.93. The number of aliphatic hydroxyl groups is 1. The molecule has 1 aromatic heterocycles. The lowest BCUT2D eigenvalue weighted by Gasteiger charge is -2.37. The number of benzene rings is 4. The number of quaternary nitrogens is 2. The molecule has 10 atom stereocenters. The molecular weight excluding hydrogens is 1680 g/mol. The van der Waals surface area contributed by atoms with E-state index < -0.39 is 150 Å². The molecule has 1 unspecified atom stereocenters. The Labute approximate surface area is 749 Å². The minimum Gasteiger partial charge on any atom is -0.542 e. The number of aliphatic hydroxyl groups excluding tert-OH is 1. The molecule has 4 aromatic carbocycles. The van der Waals surface area contributed by atoms with Gasteiger partial charge in [0.1, 0.15) is 78.3 Å². The molecule has 0 radical (unpaired) electrons. The first-order chi connectivity index (χ1) is 61.1. The Morgan fingerprint density at radius 3 is 2.03 bits per heavy atom. The van der Waals surface area contributed by atoms with Gasteiger partial charge in [0.15, 0.2) is 0 Å². The van der Waals surface area contributed by atoms with Crippen molar-refractivity contribution >= 4 is 87.6 Å². The van der Waals surface area contributed by atoms with Crippen LogP contribution in [0.1, 0.15) is 137 Å². The molecule has 12 bridgehead atoms. The molecule has 6 aliphatic heterocycles. The molecule has 0 saturated carbocycles. The number of halogens is 4. The third-order valence-electron chi connectivity index (χ3n) is 23.8. The van der Waals surface area contributed by atoms with Crippen molar-refractivity contribution in [3.63, 3.8) is 0 Å². The van der Waals surface area contributed by atoms with Gasteiger partial charge in [-0.1, -0.05) is 73.5 Å². The molecule has 7 heterocycles. The number of nitrogens with zero attached hydrogens (tertiary/aromatic N) is 6. The minimum atomic E-state index is -5.19. The van der Waals surface area contributed by atoms with E-state index in [2.05, 4.69) is 42.5 Å². The predicted molar refractivity (Wildman–Crippen MR) is 464 cm³/mol. The van der Waals surface area contributed by atoms with E-state index >= 15 is 38.0 Å². The second-order valence-electron chi connectivity index (χ2n) is 36.1. The Morgan fingerprint density at radius 1 is 0.667 bits per heavy atom. The summed E-state index contributed by atoms with van der Waals surface area (Å²) in [7, 11) is 13.7. The van der Waals surface area contributed by atoms with Crippen LogP contribution < -0.4 is 52.4 Å².